The van der Waals surface area contributed by atoms with Gasteiger partial charge in [0.05, 0.1) is 5.75 Å². The molecule has 0 saturated heterocycles. The summed E-state index contributed by atoms with van der Waals surface area (Å²) in [4.78, 5) is 0. The molecule has 0 heterocycles. The second kappa shape index (κ2) is 2.45. The summed E-state index contributed by atoms with van der Waals surface area (Å²) in [5, 5.41) is 0. The molecule has 1 aliphatic rings. The predicted molar refractivity (Wildman–Crippen MR) is 32.5 cm³/mol. The van der Waals surface area contributed by atoms with Gasteiger partial charge in [0.15, 0.2) is 0 Å². The van der Waals surface area contributed by atoms with Crippen LogP contribution in [0.5, 0.6) is 0 Å². The van der Waals surface area contributed by atoms with Crippen LogP contribution in [-0.4, -0.2) is 19.9 Å². The smallest absolute Gasteiger partial charge is 0.223 e. The summed E-state index contributed by atoms with van der Waals surface area (Å²) in [6.07, 6.45) is 1.57. The summed E-state index contributed by atoms with van der Waals surface area (Å²) in [5.41, 5.74) is 0. The van der Waals surface area contributed by atoms with Gasteiger partial charge in [-0.25, -0.2) is 8.42 Å². The first-order valence-electron chi connectivity index (χ1n) is 3.02. The number of sulfone groups is 1. The molecule has 10 heavy (non-hydrogen) atoms. The van der Waals surface area contributed by atoms with Crippen LogP contribution in [0.25, 0.3) is 0 Å². The van der Waals surface area contributed by atoms with Crippen molar-refractivity contribution >= 4 is 9.84 Å². The maximum absolute atomic E-state index is 11.6. The minimum atomic E-state index is -4.07. The van der Waals surface area contributed by atoms with Crippen molar-refractivity contribution in [3.05, 3.63) is 0 Å². The van der Waals surface area contributed by atoms with Gasteiger partial charge in [-0.2, -0.15) is 8.78 Å². The second-order valence-corrected chi connectivity index (χ2v) is 4.55. The fraction of sp³-hybridized carbons (Fsp3) is 1.00. The number of halogens is 2. The summed E-state index contributed by atoms with van der Waals surface area (Å²) in [6, 6.07) is 0. The minimum Gasteiger partial charge on any atom is -0.223 e. The normalized spacial score (nSPS) is 19.9. The van der Waals surface area contributed by atoms with Crippen molar-refractivity contribution in [2.45, 2.75) is 18.6 Å². The van der Waals surface area contributed by atoms with Crippen molar-refractivity contribution < 1.29 is 17.2 Å². The van der Waals surface area contributed by atoms with Gasteiger partial charge in [-0.05, 0) is 18.8 Å². The Hall–Kier alpha value is -0.190. The zero-order chi connectivity index (χ0) is 7.78. The van der Waals surface area contributed by atoms with E-state index >= 15 is 0 Å². The summed E-state index contributed by atoms with van der Waals surface area (Å²) in [5.74, 6) is -3.50. The van der Waals surface area contributed by atoms with Crippen LogP contribution in [0.1, 0.15) is 12.8 Å². The first-order chi connectivity index (χ1) is 4.52. The zero-order valence-corrected chi connectivity index (χ0v) is 6.07. The highest BCUT2D eigenvalue weighted by Crippen LogP contribution is 2.31. The Morgan fingerprint density at radius 1 is 1.40 bits per heavy atom. The average Bonchev–Trinajstić information content (AvgIpc) is 2.48. The fourth-order valence-corrected chi connectivity index (χ4v) is 1.82. The van der Waals surface area contributed by atoms with E-state index in [1.807, 2.05) is 0 Å². The maximum Gasteiger partial charge on any atom is 0.336 e. The molecule has 1 saturated carbocycles. The quantitative estimate of drug-likeness (QED) is 0.634. The molecule has 1 fully saturated rings. The molecule has 0 amide bonds. The second-order valence-electron chi connectivity index (χ2n) is 2.53. The van der Waals surface area contributed by atoms with E-state index in [9.17, 15) is 17.2 Å². The third-order valence-corrected chi connectivity index (χ3v) is 2.92. The fourth-order valence-electron chi connectivity index (χ4n) is 0.686. The SMILES string of the molecule is O=S(=O)(CC1CC1)C(F)F. The molecule has 1 rings (SSSR count). The van der Waals surface area contributed by atoms with E-state index in [0.717, 1.165) is 12.8 Å². The molecule has 1 aliphatic carbocycles. The highest BCUT2D eigenvalue weighted by atomic mass is 32.2. The van der Waals surface area contributed by atoms with Crippen molar-refractivity contribution in [2.24, 2.45) is 5.92 Å². The summed E-state index contributed by atoms with van der Waals surface area (Å²) >= 11 is 0. The standard InChI is InChI=1S/C5H8F2O2S/c6-5(7)10(8,9)3-4-1-2-4/h4-5H,1-3H2. The van der Waals surface area contributed by atoms with Gasteiger partial charge in [0, 0.05) is 0 Å². The van der Waals surface area contributed by atoms with E-state index < -0.39 is 15.6 Å². The molecular weight excluding hydrogens is 162 g/mol. The van der Waals surface area contributed by atoms with Crippen LogP contribution in [0.15, 0.2) is 0 Å². The van der Waals surface area contributed by atoms with E-state index in [1.54, 1.807) is 0 Å². The average molecular weight is 170 g/mol. The Kier molecular flexibility index (Phi) is 1.94. The molecule has 0 unspecified atom stereocenters. The van der Waals surface area contributed by atoms with Gasteiger partial charge in [-0.1, -0.05) is 0 Å². The summed E-state index contributed by atoms with van der Waals surface area (Å²) < 4.78 is 44.1. The molecule has 0 spiro atoms. The Morgan fingerprint density at radius 3 is 2.20 bits per heavy atom. The lowest BCUT2D eigenvalue weighted by Crippen LogP contribution is -2.16. The monoisotopic (exact) mass is 170 g/mol. The minimum absolute atomic E-state index is 0.0130. The van der Waals surface area contributed by atoms with Gasteiger partial charge in [0.2, 0.25) is 9.84 Å². The molecule has 2 nitrogen and oxygen atoms in total. The van der Waals surface area contributed by atoms with Gasteiger partial charge in [0.25, 0.3) is 0 Å². The molecule has 0 aromatic rings. The summed E-state index contributed by atoms with van der Waals surface area (Å²) in [7, 11) is -4.07. The van der Waals surface area contributed by atoms with Crippen LogP contribution in [-0.2, 0) is 9.84 Å². The third-order valence-electron chi connectivity index (χ3n) is 1.44. The zero-order valence-electron chi connectivity index (χ0n) is 5.26. The van der Waals surface area contributed by atoms with E-state index in [1.165, 1.54) is 0 Å². The van der Waals surface area contributed by atoms with E-state index in [0.29, 0.717) is 0 Å². The highest BCUT2D eigenvalue weighted by molar-refractivity contribution is 7.91. The third kappa shape index (κ3) is 1.90. The topological polar surface area (TPSA) is 34.1 Å². The van der Waals surface area contributed by atoms with Gasteiger partial charge < -0.3 is 0 Å². The lowest BCUT2D eigenvalue weighted by Gasteiger charge is -1.98. The van der Waals surface area contributed by atoms with Crippen molar-refractivity contribution in [1.29, 1.82) is 0 Å². The Morgan fingerprint density at radius 2 is 1.90 bits per heavy atom. The summed E-state index contributed by atoms with van der Waals surface area (Å²) in [6.45, 7) is 0. The molecule has 0 bridgehead atoms. The Balaban J connectivity index is 2.50. The molecule has 0 aromatic heterocycles. The molecule has 0 aromatic carbocycles. The Labute approximate surface area is 58.1 Å². The lowest BCUT2D eigenvalue weighted by atomic mass is 10.5. The van der Waals surface area contributed by atoms with Crippen molar-refractivity contribution in [3.63, 3.8) is 0 Å². The van der Waals surface area contributed by atoms with E-state index in [-0.39, 0.29) is 11.7 Å². The first-order valence-corrected chi connectivity index (χ1v) is 4.73. The van der Waals surface area contributed by atoms with Crippen LogP contribution < -0.4 is 0 Å². The largest absolute Gasteiger partial charge is 0.336 e. The lowest BCUT2D eigenvalue weighted by molar-refractivity contribution is 0.234. The number of alkyl halides is 2. The van der Waals surface area contributed by atoms with Crippen LogP contribution in [0.2, 0.25) is 0 Å². The first kappa shape index (κ1) is 7.91. The maximum atomic E-state index is 11.6. The number of hydrogen-bond donors (Lipinski definition) is 0. The van der Waals surface area contributed by atoms with E-state index in [2.05, 4.69) is 0 Å². The Bertz CT molecular complexity index is 206. The molecule has 0 aliphatic heterocycles. The number of rotatable bonds is 3. The van der Waals surface area contributed by atoms with Crippen LogP contribution in [0.3, 0.4) is 0 Å². The molecule has 0 radical (unpaired) electrons. The number of hydrogen-bond acceptors (Lipinski definition) is 2. The van der Waals surface area contributed by atoms with Gasteiger partial charge >= 0.3 is 5.76 Å². The molecular formula is C5H8F2O2S. The van der Waals surface area contributed by atoms with Gasteiger partial charge in [-0.15, -0.1) is 0 Å². The highest BCUT2D eigenvalue weighted by Gasteiger charge is 2.33. The molecule has 0 atom stereocenters. The molecule has 60 valence electrons. The van der Waals surface area contributed by atoms with Gasteiger partial charge in [-0.3, -0.25) is 0 Å². The van der Waals surface area contributed by atoms with E-state index in [4.69, 9.17) is 0 Å². The molecule has 5 heteroatoms. The van der Waals surface area contributed by atoms with Crippen LogP contribution >= 0.6 is 0 Å². The van der Waals surface area contributed by atoms with Crippen molar-refractivity contribution in [1.82, 2.24) is 0 Å². The van der Waals surface area contributed by atoms with Gasteiger partial charge in [0.1, 0.15) is 0 Å². The molecule has 0 N–H and O–H groups in total. The predicted octanol–water partition coefficient (Wildman–Crippen LogP) is 1.03. The van der Waals surface area contributed by atoms with Crippen molar-refractivity contribution in [2.75, 3.05) is 5.75 Å². The van der Waals surface area contributed by atoms with Crippen molar-refractivity contribution in [3.8, 4) is 0 Å². The van der Waals surface area contributed by atoms with Crippen LogP contribution in [0, 0.1) is 5.92 Å². The van der Waals surface area contributed by atoms with Crippen LogP contribution in [0.4, 0.5) is 8.78 Å².